The van der Waals surface area contributed by atoms with Crippen molar-refractivity contribution in [1.82, 2.24) is 14.8 Å². The topological polar surface area (TPSA) is 52.0 Å². The van der Waals surface area contributed by atoms with Crippen molar-refractivity contribution in [3.63, 3.8) is 0 Å². The maximum Gasteiger partial charge on any atom is 0.162 e. The molecular weight excluding hydrogens is 332 g/mol. The van der Waals surface area contributed by atoms with Crippen LogP contribution in [0, 0.1) is 13.8 Å². The monoisotopic (exact) mass is 348 g/mol. The average molecular weight is 349 g/mol. The summed E-state index contributed by atoms with van der Waals surface area (Å²) < 4.78 is 9.02. The first-order chi connectivity index (χ1) is 9.92. The van der Waals surface area contributed by atoms with Crippen LogP contribution >= 0.6 is 15.9 Å². The molecule has 0 atom stereocenters. The Morgan fingerprint density at radius 1 is 1.29 bits per heavy atom. The smallest absolute Gasteiger partial charge is 0.162 e. The van der Waals surface area contributed by atoms with Crippen molar-refractivity contribution in [2.24, 2.45) is 0 Å². The Kier molecular flexibility index (Phi) is 2.50. The Morgan fingerprint density at radius 3 is 2.81 bits per heavy atom. The fourth-order valence-corrected chi connectivity index (χ4v) is 3.85. The first-order valence-electron chi connectivity index (χ1n) is 7.10. The van der Waals surface area contributed by atoms with Crippen LogP contribution < -0.4 is 10.1 Å². The molecule has 1 aromatic carbocycles. The summed E-state index contributed by atoms with van der Waals surface area (Å²) in [4.78, 5) is 0. The molecule has 5 nitrogen and oxygen atoms in total. The standard InChI is InChI=1S/C15H17BrN4O/c1-7-10(16)13-9(5-6-21-13)11-12(7)20-8(2)18-19-14(20)15(3,4)17-11/h17H,5-6H2,1-4H3. The van der Waals surface area contributed by atoms with E-state index >= 15 is 0 Å². The summed E-state index contributed by atoms with van der Waals surface area (Å²) in [7, 11) is 0. The molecule has 2 aromatic rings. The van der Waals surface area contributed by atoms with E-state index in [2.05, 4.69) is 56.8 Å². The number of rotatable bonds is 0. The molecule has 0 bridgehead atoms. The van der Waals surface area contributed by atoms with Crippen molar-refractivity contribution in [2.75, 3.05) is 11.9 Å². The molecule has 2 aliphatic rings. The van der Waals surface area contributed by atoms with E-state index in [0.29, 0.717) is 0 Å². The Labute approximate surface area is 131 Å². The summed E-state index contributed by atoms with van der Waals surface area (Å²) in [6.45, 7) is 9.11. The van der Waals surface area contributed by atoms with E-state index in [1.807, 2.05) is 6.92 Å². The molecule has 21 heavy (non-hydrogen) atoms. The number of benzene rings is 1. The first-order valence-corrected chi connectivity index (χ1v) is 7.90. The number of fused-ring (bicyclic) bond motifs is 5. The molecule has 0 spiro atoms. The average Bonchev–Trinajstić information content (AvgIpc) is 3.03. The highest BCUT2D eigenvalue weighted by Crippen LogP contribution is 2.49. The van der Waals surface area contributed by atoms with E-state index < -0.39 is 0 Å². The predicted molar refractivity (Wildman–Crippen MR) is 84.4 cm³/mol. The minimum Gasteiger partial charge on any atom is -0.492 e. The molecule has 110 valence electrons. The zero-order valence-electron chi connectivity index (χ0n) is 12.5. The number of aromatic nitrogens is 3. The van der Waals surface area contributed by atoms with Crippen molar-refractivity contribution < 1.29 is 4.74 Å². The van der Waals surface area contributed by atoms with Gasteiger partial charge in [0.25, 0.3) is 0 Å². The molecule has 3 heterocycles. The van der Waals surface area contributed by atoms with Gasteiger partial charge in [-0.25, -0.2) is 0 Å². The van der Waals surface area contributed by atoms with Gasteiger partial charge in [0.1, 0.15) is 11.6 Å². The van der Waals surface area contributed by atoms with Crippen LogP contribution in [0.15, 0.2) is 4.47 Å². The quantitative estimate of drug-likeness (QED) is 0.793. The van der Waals surface area contributed by atoms with E-state index in [0.717, 1.165) is 51.8 Å². The molecule has 0 aliphatic carbocycles. The lowest BCUT2D eigenvalue weighted by atomic mass is 9.95. The van der Waals surface area contributed by atoms with Crippen LogP contribution in [0.3, 0.4) is 0 Å². The normalized spacial score (nSPS) is 17.6. The minimum atomic E-state index is -0.259. The number of nitrogens with zero attached hydrogens (tertiary/aromatic N) is 3. The van der Waals surface area contributed by atoms with Crippen LogP contribution in [0.5, 0.6) is 5.75 Å². The lowest BCUT2D eigenvalue weighted by molar-refractivity contribution is 0.354. The van der Waals surface area contributed by atoms with Gasteiger partial charge >= 0.3 is 0 Å². The van der Waals surface area contributed by atoms with Gasteiger partial charge < -0.3 is 10.1 Å². The summed E-state index contributed by atoms with van der Waals surface area (Å²) in [5.41, 5.74) is 4.43. The summed E-state index contributed by atoms with van der Waals surface area (Å²) in [5, 5.41) is 12.3. The third-order valence-corrected chi connectivity index (χ3v) is 5.29. The zero-order valence-corrected chi connectivity index (χ0v) is 14.1. The van der Waals surface area contributed by atoms with E-state index in [1.165, 1.54) is 5.56 Å². The SMILES string of the molecule is Cc1c(Br)c2c(c3c1-n1c(C)nnc1C(C)(C)N3)CCO2. The van der Waals surface area contributed by atoms with Crippen LogP contribution in [0.1, 0.15) is 36.6 Å². The molecule has 2 aliphatic heterocycles. The Morgan fingerprint density at radius 2 is 2.05 bits per heavy atom. The minimum absolute atomic E-state index is 0.259. The number of ether oxygens (including phenoxy) is 1. The van der Waals surface area contributed by atoms with Crippen LogP contribution in [0.4, 0.5) is 5.69 Å². The van der Waals surface area contributed by atoms with Gasteiger partial charge in [0, 0.05) is 12.0 Å². The summed E-state index contributed by atoms with van der Waals surface area (Å²) >= 11 is 3.70. The van der Waals surface area contributed by atoms with Gasteiger partial charge in [-0.3, -0.25) is 4.57 Å². The van der Waals surface area contributed by atoms with Gasteiger partial charge in [-0.1, -0.05) is 0 Å². The highest BCUT2D eigenvalue weighted by molar-refractivity contribution is 9.10. The summed E-state index contributed by atoms with van der Waals surface area (Å²) in [6, 6.07) is 0. The predicted octanol–water partition coefficient (Wildman–Crippen LogP) is 3.24. The second-order valence-corrected chi connectivity index (χ2v) is 7.02. The number of hydrogen-bond acceptors (Lipinski definition) is 4. The maximum atomic E-state index is 5.82. The van der Waals surface area contributed by atoms with Gasteiger partial charge in [0.2, 0.25) is 0 Å². The number of halogens is 1. The number of aryl methyl sites for hydroxylation is 1. The summed E-state index contributed by atoms with van der Waals surface area (Å²) in [6.07, 6.45) is 0.927. The third-order valence-electron chi connectivity index (χ3n) is 4.34. The van der Waals surface area contributed by atoms with Gasteiger partial charge in [-0.05, 0) is 49.2 Å². The lowest BCUT2D eigenvalue weighted by Gasteiger charge is -2.36. The molecular formula is C15H17BrN4O. The fraction of sp³-hybridized carbons (Fsp3) is 0.467. The zero-order chi connectivity index (χ0) is 14.9. The molecule has 0 saturated carbocycles. The number of hydrogen-bond donors (Lipinski definition) is 1. The number of nitrogens with one attached hydrogen (secondary N) is 1. The third kappa shape index (κ3) is 1.56. The highest BCUT2D eigenvalue weighted by atomic mass is 79.9. The van der Waals surface area contributed by atoms with Crippen molar-refractivity contribution >= 4 is 21.6 Å². The first kappa shape index (κ1) is 13.1. The van der Waals surface area contributed by atoms with Crippen LogP contribution in [-0.2, 0) is 12.0 Å². The lowest BCUT2D eigenvalue weighted by Crippen LogP contribution is -2.36. The molecule has 6 heteroatoms. The van der Waals surface area contributed by atoms with Crippen LogP contribution in [0.25, 0.3) is 5.69 Å². The van der Waals surface area contributed by atoms with E-state index in [4.69, 9.17) is 4.74 Å². The van der Waals surface area contributed by atoms with E-state index in [1.54, 1.807) is 0 Å². The molecule has 1 aromatic heterocycles. The van der Waals surface area contributed by atoms with Gasteiger partial charge in [-0.15, -0.1) is 10.2 Å². The van der Waals surface area contributed by atoms with Crippen LogP contribution in [-0.4, -0.2) is 21.4 Å². The highest BCUT2D eigenvalue weighted by Gasteiger charge is 2.38. The Hall–Kier alpha value is -1.56. The molecule has 0 unspecified atom stereocenters. The van der Waals surface area contributed by atoms with Crippen molar-refractivity contribution in [3.8, 4) is 11.4 Å². The second kappa shape index (κ2) is 4.00. The maximum absolute atomic E-state index is 5.82. The van der Waals surface area contributed by atoms with Crippen molar-refractivity contribution in [1.29, 1.82) is 0 Å². The fourth-order valence-electron chi connectivity index (χ4n) is 3.31. The van der Waals surface area contributed by atoms with Crippen LogP contribution in [0.2, 0.25) is 0 Å². The summed E-state index contributed by atoms with van der Waals surface area (Å²) in [5.74, 6) is 2.83. The molecule has 0 amide bonds. The van der Waals surface area contributed by atoms with E-state index in [-0.39, 0.29) is 5.54 Å². The largest absolute Gasteiger partial charge is 0.492 e. The Bertz CT molecular complexity index is 779. The van der Waals surface area contributed by atoms with Gasteiger partial charge in [-0.2, -0.15) is 0 Å². The van der Waals surface area contributed by atoms with Gasteiger partial charge in [0.15, 0.2) is 5.82 Å². The second-order valence-electron chi connectivity index (χ2n) is 6.22. The molecule has 1 N–H and O–H groups in total. The molecule has 0 fully saturated rings. The Balaban J connectivity index is 2.14. The molecule has 0 radical (unpaired) electrons. The number of anilines is 1. The van der Waals surface area contributed by atoms with Gasteiger partial charge in [0.05, 0.1) is 28.0 Å². The van der Waals surface area contributed by atoms with Crippen molar-refractivity contribution in [3.05, 3.63) is 27.2 Å². The van der Waals surface area contributed by atoms with E-state index in [9.17, 15) is 0 Å². The molecule has 0 saturated heterocycles. The van der Waals surface area contributed by atoms with Crippen molar-refractivity contribution in [2.45, 2.75) is 39.7 Å². The molecule has 4 rings (SSSR count).